The fourth-order valence-electron chi connectivity index (χ4n) is 6.19. The van der Waals surface area contributed by atoms with Gasteiger partial charge in [0.15, 0.2) is 11.9 Å². The first kappa shape index (κ1) is 32.8. The third kappa shape index (κ3) is 7.02. The largest absolute Gasteiger partial charge is 0.396 e. The lowest BCUT2D eigenvalue weighted by Gasteiger charge is -2.51. The Hall–Kier alpha value is -1.09. The molecule has 2 saturated carbocycles. The van der Waals surface area contributed by atoms with Gasteiger partial charge in [-0.3, -0.25) is 4.79 Å². The van der Waals surface area contributed by atoms with Gasteiger partial charge in [0.25, 0.3) is 5.91 Å². The molecule has 15 atom stereocenters. The summed E-state index contributed by atoms with van der Waals surface area (Å²) in [4.78, 5) is 12.9. The van der Waals surface area contributed by atoms with E-state index in [1.807, 2.05) is 0 Å². The summed E-state index contributed by atoms with van der Waals surface area (Å²) in [6, 6.07) is -4.06. The number of carbonyl (C=O) groups is 1. The Morgan fingerprint density at radius 1 is 1.00 bits per heavy atom. The molecule has 16 N–H and O–H groups in total. The molecule has 1 amide bonds. The Morgan fingerprint density at radius 2 is 1.71 bits per heavy atom. The molecular formula is C25H48N6O10. The zero-order valence-corrected chi connectivity index (χ0v) is 23.1. The van der Waals surface area contributed by atoms with Crippen molar-refractivity contribution in [3.8, 4) is 0 Å². The molecule has 4 unspecified atom stereocenters. The van der Waals surface area contributed by atoms with Crippen LogP contribution in [0.15, 0.2) is 0 Å². The van der Waals surface area contributed by atoms with Crippen LogP contribution in [0.3, 0.4) is 0 Å². The smallest absolute Gasteiger partial charge is 0.253 e. The summed E-state index contributed by atoms with van der Waals surface area (Å²) in [6.45, 7) is 0.594. The summed E-state index contributed by atoms with van der Waals surface area (Å²) in [7, 11) is 0. The standard InChI is InChI=1S/C25H48N6O10/c26-11-3-2-10(8-30-4-1-5-32)39-21(11)16-12(27)6-13(31-24(37)25(38)7-15(25)28)22(19(16)35)41-23-20(36)17(29)18(34)14(9-33)40-23/h10-23,30,32-36,38H,1-9,26-29H2,(H,31,37)/t10-,11+,12?,13+,14+,15?,16?,17-,18+,19-,20+,21-,22-,23+,25?/m0/s1. The van der Waals surface area contributed by atoms with Gasteiger partial charge in [0.2, 0.25) is 0 Å². The maximum Gasteiger partial charge on any atom is 0.253 e. The molecule has 2 aliphatic heterocycles. The first-order valence-corrected chi connectivity index (χ1v) is 14.4. The number of hydrogen-bond donors (Lipinski definition) is 12. The summed E-state index contributed by atoms with van der Waals surface area (Å²) >= 11 is 0. The van der Waals surface area contributed by atoms with E-state index in [0.29, 0.717) is 32.4 Å². The number of ether oxygens (including phenoxy) is 3. The lowest BCUT2D eigenvalue weighted by molar-refractivity contribution is -0.306. The molecule has 2 aliphatic carbocycles. The maximum atomic E-state index is 12.9. The minimum atomic E-state index is -1.75. The summed E-state index contributed by atoms with van der Waals surface area (Å²) in [5, 5.41) is 67.7. The van der Waals surface area contributed by atoms with E-state index in [2.05, 4.69) is 10.6 Å². The average molecular weight is 593 g/mol. The van der Waals surface area contributed by atoms with Crippen LogP contribution in [-0.4, -0.2) is 148 Å². The van der Waals surface area contributed by atoms with Crippen molar-refractivity contribution in [2.75, 3.05) is 26.3 Å². The van der Waals surface area contributed by atoms with Gasteiger partial charge in [-0.25, -0.2) is 0 Å². The van der Waals surface area contributed by atoms with Crippen LogP contribution in [-0.2, 0) is 19.0 Å². The zero-order chi connectivity index (χ0) is 30.1. The number of aliphatic hydroxyl groups is 6. The van der Waals surface area contributed by atoms with Gasteiger partial charge in [0, 0.05) is 43.6 Å². The lowest BCUT2D eigenvalue weighted by atomic mass is 9.72. The number of nitrogens with one attached hydrogen (secondary N) is 2. The number of nitrogens with two attached hydrogens (primary N) is 4. The number of amides is 1. The Kier molecular flexibility index (Phi) is 11.0. The minimum absolute atomic E-state index is 0.0693. The zero-order valence-electron chi connectivity index (χ0n) is 23.1. The molecule has 238 valence electrons. The van der Waals surface area contributed by atoms with Crippen molar-refractivity contribution in [2.24, 2.45) is 28.9 Å². The average Bonchev–Trinajstić information content (AvgIpc) is 3.57. The van der Waals surface area contributed by atoms with E-state index in [1.54, 1.807) is 0 Å². The van der Waals surface area contributed by atoms with Crippen LogP contribution < -0.4 is 33.6 Å². The fraction of sp³-hybridized carbons (Fsp3) is 0.960. The number of carbonyl (C=O) groups excluding carboxylic acids is 1. The number of aliphatic hydroxyl groups excluding tert-OH is 5. The van der Waals surface area contributed by atoms with E-state index in [4.69, 9.17) is 42.3 Å². The SMILES string of the molecule is NC1C[C@@H](NC(=O)C2(O)CC2N)[C@H](O[C@H]2O[C@H](CO)[C@@H](O)[C@H](N)[C@H]2O)[C@@H](O)C1[C@H]1O[C@H](CNCCCO)CC[C@H]1N. The van der Waals surface area contributed by atoms with Gasteiger partial charge in [0.05, 0.1) is 37.0 Å². The molecule has 0 bridgehead atoms. The molecule has 2 saturated heterocycles. The summed E-state index contributed by atoms with van der Waals surface area (Å²) < 4.78 is 18.0. The van der Waals surface area contributed by atoms with E-state index in [1.165, 1.54) is 0 Å². The van der Waals surface area contributed by atoms with Crippen molar-refractivity contribution in [3.05, 3.63) is 0 Å². The molecular weight excluding hydrogens is 544 g/mol. The molecule has 16 heteroatoms. The molecule has 16 nitrogen and oxygen atoms in total. The van der Waals surface area contributed by atoms with E-state index < -0.39 is 97.2 Å². The topological polar surface area (TPSA) is 294 Å². The Bertz CT molecular complexity index is 877. The predicted molar refractivity (Wildman–Crippen MR) is 143 cm³/mol. The maximum absolute atomic E-state index is 12.9. The molecule has 0 aromatic carbocycles. The van der Waals surface area contributed by atoms with Gasteiger partial charge >= 0.3 is 0 Å². The number of hydrogen-bond acceptors (Lipinski definition) is 15. The Labute approximate surface area is 238 Å². The van der Waals surface area contributed by atoms with Crippen LogP contribution in [0.25, 0.3) is 0 Å². The monoisotopic (exact) mass is 592 g/mol. The van der Waals surface area contributed by atoms with Crippen molar-refractivity contribution in [1.82, 2.24) is 10.6 Å². The second kappa shape index (κ2) is 13.7. The summed E-state index contributed by atoms with van der Waals surface area (Å²) in [6.07, 6.45) is -6.98. The van der Waals surface area contributed by atoms with Crippen molar-refractivity contribution >= 4 is 5.91 Å². The summed E-state index contributed by atoms with van der Waals surface area (Å²) in [5.41, 5.74) is 23.0. The van der Waals surface area contributed by atoms with Gasteiger partial charge in [0.1, 0.15) is 24.4 Å². The first-order valence-electron chi connectivity index (χ1n) is 14.4. The predicted octanol–water partition coefficient (Wildman–Crippen LogP) is -6.36. The van der Waals surface area contributed by atoms with Gasteiger partial charge in [-0.05, 0) is 32.2 Å². The Morgan fingerprint density at radius 3 is 2.34 bits per heavy atom. The van der Waals surface area contributed by atoms with Crippen LogP contribution in [0, 0.1) is 5.92 Å². The van der Waals surface area contributed by atoms with Gasteiger partial charge < -0.3 is 78.4 Å². The van der Waals surface area contributed by atoms with Crippen molar-refractivity contribution in [3.63, 3.8) is 0 Å². The highest BCUT2D eigenvalue weighted by molar-refractivity contribution is 5.89. The molecule has 4 rings (SSSR count). The van der Waals surface area contributed by atoms with Crippen LogP contribution in [0.4, 0.5) is 0 Å². The van der Waals surface area contributed by atoms with Gasteiger partial charge in [-0.15, -0.1) is 0 Å². The fourth-order valence-corrected chi connectivity index (χ4v) is 6.19. The first-order chi connectivity index (χ1) is 19.4. The van der Waals surface area contributed by atoms with E-state index in [9.17, 15) is 30.3 Å². The lowest BCUT2D eigenvalue weighted by Crippen LogP contribution is -2.69. The third-order valence-electron chi connectivity index (χ3n) is 8.93. The van der Waals surface area contributed by atoms with E-state index >= 15 is 0 Å². The molecule has 0 radical (unpaired) electrons. The van der Waals surface area contributed by atoms with Crippen LogP contribution in [0.1, 0.15) is 32.1 Å². The highest BCUT2D eigenvalue weighted by atomic mass is 16.7. The van der Waals surface area contributed by atoms with Gasteiger partial charge in [-0.1, -0.05) is 0 Å². The minimum Gasteiger partial charge on any atom is -0.396 e. The van der Waals surface area contributed by atoms with Crippen LogP contribution in [0.2, 0.25) is 0 Å². The van der Waals surface area contributed by atoms with Crippen LogP contribution in [0.5, 0.6) is 0 Å². The van der Waals surface area contributed by atoms with Crippen molar-refractivity contribution < 1.29 is 49.6 Å². The second-order valence-corrected chi connectivity index (χ2v) is 11.9. The second-order valence-electron chi connectivity index (χ2n) is 11.9. The number of rotatable bonds is 11. The van der Waals surface area contributed by atoms with Crippen molar-refractivity contribution in [2.45, 2.75) is 117 Å². The summed E-state index contributed by atoms with van der Waals surface area (Å²) in [5.74, 6) is -1.49. The van der Waals surface area contributed by atoms with E-state index in [0.717, 1.165) is 0 Å². The quantitative estimate of drug-likeness (QED) is 0.0993. The van der Waals surface area contributed by atoms with Gasteiger partial charge in [-0.2, -0.15) is 0 Å². The molecule has 0 aromatic rings. The van der Waals surface area contributed by atoms with Crippen LogP contribution >= 0.6 is 0 Å². The van der Waals surface area contributed by atoms with E-state index in [-0.39, 0.29) is 25.6 Å². The highest BCUT2D eigenvalue weighted by Crippen LogP contribution is 2.38. The normalized spacial score (nSPS) is 48.5. The van der Waals surface area contributed by atoms with Crippen molar-refractivity contribution in [1.29, 1.82) is 0 Å². The Balaban J connectivity index is 1.54. The molecule has 41 heavy (non-hydrogen) atoms. The molecule has 2 heterocycles. The molecule has 0 spiro atoms. The molecule has 0 aromatic heterocycles. The molecule has 4 aliphatic rings. The third-order valence-corrected chi connectivity index (χ3v) is 8.93. The molecule has 4 fully saturated rings. The highest BCUT2D eigenvalue weighted by Gasteiger charge is 2.59.